The molecular formula is C16H32N4O6. The van der Waals surface area contributed by atoms with Crippen molar-refractivity contribution in [2.24, 2.45) is 17.0 Å². The molecule has 0 rings (SSSR count). The molecular weight excluding hydrogens is 344 g/mol. The van der Waals surface area contributed by atoms with Gasteiger partial charge in [-0.15, -0.1) is 0 Å². The minimum Gasteiger partial charge on any atom is -0.480 e. The molecule has 0 radical (unpaired) electrons. The van der Waals surface area contributed by atoms with Crippen LogP contribution in [0.3, 0.4) is 0 Å². The van der Waals surface area contributed by atoms with Gasteiger partial charge >= 0.3 is 18.0 Å². The fourth-order valence-corrected chi connectivity index (χ4v) is 1.00. The zero-order chi connectivity index (χ0) is 21.1. The molecule has 0 aliphatic heterocycles. The van der Waals surface area contributed by atoms with Crippen molar-refractivity contribution in [3.05, 3.63) is 11.9 Å². The lowest BCUT2D eigenvalue weighted by molar-refractivity contribution is -0.157. The number of alkyl carbamates (subject to hydrolysis) is 1. The summed E-state index contributed by atoms with van der Waals surface area (Å²) in [5.74, 6) is 4.14. The van der Waals surface area contributed by atoms with Gasteiger partial charge in [0.15, 0.2) is 6.73 Å². The molecule has 10 heteroatoms. The van der Waals surface area contributed by atoms with Gasteiger partial charge in [-0.1, -0.05) is 0 Å². The Morgan fingerprint density at radius 3 is 2.00 bits per heavy atom. The Hall–Kier alpha value is -2.49. The number of hydrazine groups is 1. The molecule has 0 aromatic rings. The molecule has 0 atom stereocenters. The molecule has 0 heterocycles. The summed E-state index contributed by atoms with van der Waals surface area (Å²) in [7, 11) is 0. The number of nitrogens with one attached hydrogen (secondary N) is 1. The maximum Gasteiger partial charge on any atom is 0.408 e. The normalized spacial score (nSPS) is 11.6. The van der Waals surface area contributed by atoms with Gasteiger partial charge in [-0.2, -0.15) is 0 Å². The van der Waals surface area contributed by atoms with Crippen molar-refractivity contribution in [2.75, 3.05) is 13.3 Å². The van der Waals surface area contributed by atoms with E-state index >= 15 is 0 Å². The molecule has 0 aliphatic carbocycles. The average Bonchev–Trinajstić information content (AvgIpc) is 2.47. The van der Waals surface area contributed by atoms with Crippen LogP contribution in [0.5, 0.6) is 0 Å². The molecule has 0 aliphatic rings. The van der Waals surface area contributed by atoms with E-state index in [1.807, 2.05) is 0 Å². The maximum absolute atomic E-state index is 11.3. The van der Waals surface area contributed by atoms with E-state index in [-0.39, 0.29) is 12.7 Å². The largest absolute Gasteiger partial charge is 0.480 e. The van der Waals surface area contributed by atoms with Crippen molar-refractivity contribution in [1.82, 2.24) is 10.3 Å². The Bertz CT molecular complexity index is 506. The summed E-state index contributed by atoms with van der Waals surface area (Å²) in [5.41, 5.74) is 4.78. The minimum absolute atomic E-state index is 0.00956. The third kappa shape index (κ3) is 15.1. The third-order valence-corrected chi connectivity index (χ3v) is 2.42. The van der Waals surface area contributed by atoms with Crippen LogP contribution < -0.4 is 16.9 Å². The number of amides is 1. The van der Waals surface area contributed by atoms with Crippen LogP contribution in [-0.2, 0) is 19.1 Å². The molecule has 152 valence electrons. The summed E-state index contributed by atoms with van der Waals surface area (Å²) in [4.78, 5) is 32.1. The summed E-state index contributed by atoms with van der Waals surface area (Å²) < 4.78 is 9.73. The fraction of sp³-hybridized carbons (Fsp3) is 0.688. The van der Waals surface area contributed by atoms with Crippen LogP contribution in [0.4, 0.5) is 4.79 Å². The van der Waals surface area contributed by atoms with Crippen molar-refractivity contribution in [2.45, 2.75) is 54.1 Å². The molecule has 0 aromatic heterocycles. The molecule has 0 fully saturated rings. The Labute approximate surface area is 154 Å². The van der Waals surface area contributed by atoms with Crippen LogP contribution in [0.15, 0.2) is 11.9 Å². The summed E-state index contributed by atoms with van der Waals surface area (Å²) in [6.07, 6.45) is 0.634. The second-order valence-corrected chi connectivity index (χ2v) is 7.34. The van der Waals surface area contributed by atoms with Gasteiger partial charge in [0, 0.05) is 11.9 Å². The number of carboxylic acids is 1. The summed E-state index contributed by atoms with van der Waals surface area (Å²) in [5, 5.41) is 11.5. The number of hydrogen-bond acceptors (Lipinski definition) is 8. The smallest absolute Gasteiger partial charge is 0.408 e. The SMILES string of the molecule is C/C(=C/N)N(N)COC(=O)C(C)(C)C.CC(C)(C)OC(=O)NCC(=O)O. The molecule has 6 N–H and O–H groups in total. The Kier molecular flexibility index (Phi) is 11.1. The molecule has 0 saturated carbocycles. The van der Waals surface area contributed by atoms with Gasteiger partial charge < -0.3 is 25.6 Å². The average molecular weight is 376 g/mol. The number of carboxylic acid groups (broad SMARTS) is 1. The Morgan fingerprint density at radius 2 is 1.65 bits per heavy atom. The van der Waals surface area contributed by atoms with E-state index in [1.54, 1.807) is 48.5 Å². The lowest BCUT2D eigenvalue weighted by Crippen LogP contribution is -2.35. The van der Waals surface area contributed by atoms with E-state index in [9.17, 15) is 14.4 Å². The quantitative estimate of drug-likeness (QED) is 0.239. The fourth-order valence-electron chi connectivity index (χ4n) is 1.00. The highest BCUT2D eigenvalue weighted by Gasteiger charge is 2.23. The van der Waals surface area contributed by atoms with Crippen molar-refractivity contribution >= 4 is 18.0 Å². The number of nitrogens with zero attached hydrogens (tertiary/aromatic N) is 1. The highest BCUT2D eigenvalue weighted by atomic mass is 16.6. The highest BCUT2D eigenvalue weighted by molar-refractivity contribution is 5.76. The summed E-state index contributed by atoms with van der Waals surface area (Å²) in [6, 6.07) is 0. The van der Waals surface area contributed by atoms with Gasteiger partial charge in [-0.25, -0.2) is 10.6 Å². The van der Waals surface area contributed by atoms with Gasteiger partial charge in [-0.3, -0.25) is 14.6 Å². The monoisotopic (exact) mass is 376 g/mol. The number of rotatable bonds is 5. The van der Waals surface area contributed by atoms with Gasteiger partial charge in [0.25, 0.3) is 0 Å². The lowest BCUT2D eigenvalue weighted by Gasteiger charge is -2.22. The van der Waals surface area contributed by atoms with Crippen LogP contribution in [0.25, 0.3) is 0 Å². The van der Waals surface area contributed by atoms with E-state index in [4.69, 9.17) is 26.2 Å². The molecule has 0 saturated heterocycles. The molecule has 1 amide bonds. The number of allylic oxidation sites excluding steroid dienone is 1. The first kappa shape index (κ1) is 25.7. The van der Waals surface area contributed by atoms with E-state index in [2.05, 4.69) is 5.32 Å². The second-order valence-electron chi connectivity index (χ2n) is 7.34. The predicted molar refractivity (Wildman–Crippen MR) is 96.3 cm³/mol. The number of carbonyl (C=O) groups excluding carboxylic acids is 2. The molecule has 26 heavy (non-hydrogen) atoms. The number of esters is 1. The number of ether oxygens (including phenoxy) is 2. The standard InChI is InChI=1S/C9H19N3O2.C7H13NO4/c1-7(5-10)12(11)6-14-8(13)9(2,3)4;1-7(2,3)12-6(11)8-4-5(9)10/h5H,6,10-11H2,1-4H3;4H2,1-3H3,(H,8,11)(H,9,10)/b7-5-;. The van der Waals surface area contributed by atoms with Gasteiger partial charge in [0.2, 0.25) is 0 Å². The zero-order valence-electron chi connectivity index (χ0n) is 16.6. The van der Waals surface area contributed by atoms with E-state index in [1.165, 1.54) is 11.2 Å². The molecule has 0 aromatic carbocycles. The van der Waals surface area contributed by atoms with Crippen LogP contribution >= 0.6 is 0 Å². The van der Waals surface area contributed by atoms with Crippen LogP contribution in [0.1, 0.15) is 48.5 Å². The second kappa shape index (κ2) is 11.2. The lowest BCUT2D eigenvalue weighted by atomic mass is 9.98. The van der Waals surface area contributed by atoms with Crippen molar-refractivity contribution < 1.29 is 29.0 Å². The Morgan fingerprint density at radius 1 is 1.15 bits per heavy atom. The van der Waals surface area contributed by atoms with Crippen molar-refractivity contribution in [1.29, 1.82) is 0 Å². The molecule has 10 nitrogen and oxygen atoms in total. The summed E-state index contributed by atoms with van der Waals surface area (Å²) in [6.45, 7) is 11.8. The van der Waals surface area contributed by atoms with Crippen LogP contribution in [0, 0.1) is 5.41 Å². The van der Waals surface area contributed by atoms with Gasteiger partial charge in [0.05, 0.1) is 5.41 Å². The van der Waals surface area contributed by atoms with E-state index < -0.39 is 29.6 Å². The molecule has 0 spiro atoms. The predicted octanol–water partition coefficient (Wildman–Crippen LogP) is 1.12. The number of aliphatic carboxylic acids is 1. The number of hydrogen-bond donors (Lipinski definition) is 4. The minimum atomic E-state index is -1.10. The van der Waals surface area contributed by atoms with Crippen LogP contribution in [-0.4, -0.2) is 47.0 Å². The van der Waals surface area contributed by atoms with Gasteiger partial charge in [0.1, 0.15) is 12.1 Å². The maximum atomic E-state index is 11.3. The van der Waals surface area contributed by atoms with E-state index in [0.717, 1.165) is 0 Å². The van der Waals surface area contributed by atoms with Gasteiger partial charge in [-0.05, 0) is 48.5 Å². The number of nitrogens with two attached hydrogens (primary N) is 2. The zero-order valence-corrected chi connectivity index (χ0v) is 16.6. The van der Waals surface area contributed by atoms with Crippen molar-refractivity contribution in [3.8, 4) is 0 Å². The topological polar surface area (TPSA) is 157 Å². The van der Waals surface area contributed by atoms with E-state index in [0.29, 0.717) is 5.70 Å². The molecule has 0 unspecified atom stereocenters. The first-order valence-corrected chi connectivity index (χ1v) is 7.86. The highest BCUT2D eigenvalue weighted by Crippen LogP contribution is 2.15. The number of carbonyl (C=O) groups is 3. The summed E-state index contributed by atoms with van der Waals surface area (Å²) >= 11 is 0. The molecule has 0 bridgehead atoms. The van der Waals surface area contributed by atoms with Crippen molar-refractivity contribution in [3.63, 3.8) is 0 Å². The Balaban J connectivity index is 0. The first-order valence-electron chi connectivity index (χ1n) is 7.86. The first-order chi connectivity index (χ1) is 11.6. The van der Waals surface area contributed by atoms with Crippen LogP contribution in [0.2, 0.25) is 0 Å². The third-order valence-electron chi connectivity index (χ3n) is 2.42.